The van der Waals surface area contributed by atoms with E-state index in [2.05, 4.69) is 4.99 Å². The summed E-state index contributed by atoms with van der Waals surface area (Å²) in [7, 11) is 0. The summed E-state index contributed by atoms with van der Waals surface area (Å²) in [5.41, 5.74) is 5.62. The lowest BCUT2D eigenvalue weighted by molar-refractivity contribution is -0.384. The fraction of sp³-hybridized carbons (Fsp3) is 0.0714. The normalized spacial score (nSPS) is 11.8. The van der Waals surface area contributed by atoms with Crippen LogP contribution in [0, 0.1) is 10.1 Å². The molecule has 8 heteroatoms. The van der Waals surface area contributed by atoms with Gasteiger partial charge in [-0.25, -0.2) is 0 Å². The Morgan fingerprint density at radius 1 is 1.14 bits per heavy atom. The van der Waals surface area contributed by atoms with E-state index < -0.39 is 16.7 Å². The van der Waals surface area contributed by atoms with Gasteiger partial charge in [0, 0.05) is 29.6 Å². The summed E-state index contributed by atoms with van der Waals surface area (Å²) in [6.07, 6.45) is -3.14. The van der Waals surface area contributed by atoms with Gasteiger partial charge in [0.2, 0.25) is 0 Å². The summed E-state index contributed by atoms with van der Waals surface area (Å²) in [6.45, 7) is 0. The maximum Gasteiger partial charge on any atom is 0.416 e. The number of alkyl halides is 3. The van der Waals surface area contributed by atoms with Gasteiger partial charge in [0.1, 0.15) is 0 Å². The predicted octanol–water partition coefficient (Wildman–Crippen LogP) is 3.95. The fourth-order valence-electron chi connectivity index (χ4n) is 1.67. The van der Waals surface area contributed by atoms with E-state index >= 15 is 0 Å². The van der Waals surface area contributed by atoms with Crippen molar-refractivity contribution in [3.8, 4) is 0 Å². The number of anilines is 1. The third kappa shape index (κ3) is 3.60. The van der Waals surface area contributed by atoms with Crippen LogP contribution < -0.4 is 5.73 Å². The van der Waals surface area contributed by atoms with E-state index in [9.17, 15) is 23.3 Å². The van der Waals surface area contributed by atoms with Crippen molar-refractivity contribution in [1.29, 1.82) is 0 Å². The first-order valence-corrected chi connectivity index (χ1v) is 6.02. The van der Waals surface area contributed by atoms with Crippen LogP contribution in [0.1, 0.15) is 11.1 Å². The summed E-state index contributed by atoms with van der Waals surface area (Å²) in [5.74, 6) is 0. The van der Waals surface area contributed by atoms with Crippen molar-refractivity contribution in [2.45, 2.75) is 6.18 Å². The lowest BCUT2D eigenvalue weighted by atomic mass is 10.1. The van der Waals surface area contributed by atoms with Gasteiger partial charge in [-0.2, -0.15) is 13.2 Å². The third-order valence-corrected chi connectivity index (χ3v) is 2.83. The molecule has 0 spiro atoms. The van der Waals surface area contributed by atoms with E-state index in [1.54, 1.807) is 0 Å². The van der Waals surface area contributed by atoms with Gasteiger partial charge in [-0.15, -0.1) is 0 Å². The Labute approximate surface area is 123 Å². The van der Waals surface area contributed by atoms with Crippen molar-refractivity contribution in [3.63, 3.8) is 0 Å². The molecule has 0 unspecified atom stereocenters. The Bertz CT molecular complexity index is 725. The molecule has 2 rings (SSSR count). The molecule has 0 aromatic heterocycles. The van der Waals surface area contributed by atoms with E-state index in [4.69, 9.17) is 5.73 Å². The van der Waals surface area contributed by atoms with Crippen LogP contribution in [0.4, 0.5) is 30.2 Å². The molecule has 0 radical (unpaired) electrons. The largest absolute Gasteiger partial charge is 0.416 e. The minimum Gasteiger partial charge on any atom is -0.398 e. The topological polar surface area (TPSA) is 81.5 Å². The molecule has 0 fully saturated rings. The number of nitro groups is 1. The maximum absolute atomic E-state index is 12.4. The highest BCUT2D eigenvalue weighted by Crippen LogP contribution is 2.30. The molecule has 114 valence electrons. The van der Waals surface area contributed by atoms with Gasteiger partial charge in [0.05, 0.1) is 16.2 Å². The monoisotopic (exact) mass is 309 g/mol. The molecule has 0 aliphatic carbocycles. The zero-order chi connectivity index (χ0) is 16.3. The average Bonchev–Trinajstić information content (AvgIpc) is 2.45. The van der Waals surface area contributed by atoms with Crippen LogP contribution in [0.15, 0.2) is 47.5 Å². The zero-order valence-corrected chi connectivity index (χ0v) is 11.0. The second-order valence-corrected chi connectivity index (χ2v) is 4.37. The molecule has 0 saturated carbocycles. The number of non-ortho nitro benzene ring substituents is 1. The second-order valence-electron chi connectivity index (χ2n) is 4.37. The molecule has 5 nitrogen and oxygen atoms in total. The first kappa shape index (κ1) is 15.5. The Balaban J connectivity index is 2.25. The predicted molar refractivity (Wildman–Crippen MR) is 76.2 cm³/mol. The quantitative estimate of drug-likeness (QED) is 0.403. The molecule has 2 N–H and O–H groups in total. The molecule has 2 aromatic rings. The molecule has 0 bridgehead atoms. The number of hydrogen-bond donors (Lipinski definition) is 1. The zero-order valence-electron chi connectivity index (χ0n) is 11.0. The standard InChI is InChI=1S/C14H10F3N3O2/c15-14(16,17)10-1-3-11(4-2-10)19-8-9-7-12(20(21)22)5-6-13(9)18/h1-8H,18H2. The second kappa shape index (κ2) is 5.84. The van der Waals surface area contributed by atoms with E-state index in [0.717, 1.165) is 12.1 Å². The maximum atomic E-state index is 12.4. The van der Waals surface area contributed by atoms with Gasteiger partial charge >= 0.3 is 6.18 Å². The van der Waals surface area contributed by atoms with Gasteiger partial charge in [-0.05, 0) is 30.3 Å². The van der Waals surface area contributed by atoms with E-state index in [-0.39, 0.29) is 17.1 Å². The molecule has 22 heavy (non-hydrogen) atoms. The number of nitrogen functional groups attached to an aromatic ring is 1. The molecule has 0 heterocycles. The Morgan fingerprint density at radius 3 is 2.32 bits per heavy atom. The molecule has 0 amide bonds. The van der Waals surface area contributed by atoms with Crippen LogP contribution in [0.2, 0.25) is 0 Å². The van der Waals surface area contributed by atoms with Crippen LogP contribution >= 0.6 is 0 Å². The number of aliphatic imine (C=N–C) groups is 1. The molecular formula is C14H10F3N3O2. The number of nitrogens with zero attached hydrogens (tertiary/aromatic N) is 2. The van der Waals surface area contributed by atoms with Gasteiger partial charge in [-0.1, -0.05) is 0 Å². The van der Waals surface area contributed by atoms with Crippen molar-refractivity contribution in [2.75, 3.05) is 5.73 Å². The Hall–Kier alpha value is -2.90. The van der Waals surface area contributed by atoms with Crippen LogP contribution in [-0.2, 0) is 6.18 Å². The van der Waals surface area contributed by atoms with E-state index in [1.165, 1.54) is 36.5 Å². The van der Waals surface area contributed by atoms with Crippen molar-refractivity contribution < 1.29 is 18.1 Å². The number of hydrogen-bond acceptors (Lipinski definition) is 4. The van der Waals surface area contributed by atoms with Gasteiger partial charge in [0.25, 0.3) is 5.69 Å². The average molecular weight is 309 g/mol. The van der Waals surface area contributed by atoms with Crippen molar-refractivity contribution >= 4 is 23.3 Å². The SMILES string of the molecule is Nc1ccc([N+](=O)[O-])cc1C=Nc1ccc(C(F)(F)F)cc1. The lowest BCUT2D eigenvalue weighted by Gasteiger charge is -2.05. The molecule has 0 atom stereocenters. The van der Waals surface area contributed by atoms with Crippen LogP contribution in [0.25, 0.3) is 0 Å². The van der Waals surface area contributed by atoms with E-state index in [0.29, 0.717) is 5.56 Å². The van der Waals surface area contributed by atoms with Gasteiger partial charge in [-0.3, -0.25) is 15.1 Å². The summed E-state index contributed by atoms with van der Waals surface area (Å²) in [6, 6.07) is 8.08. The van der Waals surface area contributed by atoms with Gasteiger partial charge < -0.3 is 5.73 Å². The molecular weight excluding hydrogens is 299 g/mol. The molecule has 0 saturated heterocycles. The number of nitro benzene ring substituents is 1. The van der Waals surface area contributed by atoms with E-state index in [1.807, 2.05) is 0 Å². The lowest BCUT2D eigenvalue weighted by Crippen LogP contribution is -2.03. The minimum absolute atomic E-state index is 0.150. The molecule has 2 aromatic carbocycles. The van der Waals surface area contributed by atoms with Crippen molar-refractivity contribution in [1.82, 2.24) is 0 Å². The van der Waals surface area contributed by atoms with Crippen LogP contribution in [0.3, 0.4) is 0 Å². The number of nitrogens with two attached hydrogens (primary N) is 1. The van der Waals surface area contributed by atoms with Crippen LogP contribution in [-0.4, -0.2) is 11.1 Å². The summed E-state index contributed by atoms with van der Waals surface area (Å²) in [4.78, 5) is 14.1. The summed E-state index contributed by atoms with van der Waals surface area (Å²) < 4.78 is 37.3. The summed E-state index contributed by atoms with van der Waals surface area (Å²) >= 11 is 0. The first-order valence-electron chi connectivity index (χ1n) is 6.02. The highest BCUT2D eigenvalue weighted by molar-refractivity contribution is 5.89. The number of halogens is 3. The molecule has 0 aliphatic rings. The molecule has 0 aliphatic heterocycles. The number of rotatable bonds is 3. The van der Waals surface area contributed by atoms with Crippen molar-refractivity contribution in [2.24, 2.45) is 4.99 Å². The van der Waals surface area contributed by atoms with Gasteiger partial charge in [0.15, 0.2) is 0 Å². The minimum atomic E-state index is -4.41. The fourth-order valence-corrected chi connectivity index (χ4v) is 1.67. The highest BCUT2D eigenvalue weighted by atomic mass is 19.4. The van der Waals surface area contributed by atoms with Crippen molar-refractivity contribution in [3.05, 3.63) is 63.7 Å². The van der Waals surface area contributed by atoms with Crippen LogP contribution in [0.5, 0.6) is 0 Å². The Kier molecular flexibility index (Phi) is 4.11. The Morgan fingerprint density at radius 2 is 1.77 bits per heavy atom. The summed E-state index contributed by atoms with van der Waals surface area (Å²) in [5, 5.41) is 10.7. The first-order chi connectivity index (χ1) is 10.3. The third-order valence-electron chi connectivity index (χ3n) is 2.83. The highest BCUT2D eigenvalue weighted by Gasteiger charge is 2.29. The number of benzene rings is 2. The smallest absolute Gasteiger partial charge is 0.398 e.